The van der Waals surface area contributed by atoms with Crippen LogP contribution in [-0.2, 0) is 0 Å². The molecule has 1 amide bonds. The van der Waals surface area contributed by atoms with Crippen LogP contribution in [0, 0.1) is 5.82 Å². The number of anilines is 2. The van der Waals surface area contributed by atoms with Crippen LogP contribution < -0.4 is 14.8 Å². The van der Waals surface area contributed by atoms with Crippen LogP contribution in [0.25, 0.3) is 10.9 Å². The van der Waals surface area contributed by atoms with E-state index in [0.29, 0.717) is 59.8 Å². The Morgan fingerprint density at radius 1 is 1.08 bits per heavy atom. The number of methoxy groups -OCH3 is 1. The SMILES string of the molecule is COc1cc2ncnc(Nc3cccc(Cl)c3F)c2cc1OC1CCN(C(=O)c2ccccn2)CC1. The van der Waals surface area contributed by atoms with Crippen molar-refractivity contribution >= 4 is 39.9 Å². The first kappa shape index (κ1) is 23.7. The fourth-order valence-electron chi connectivity index (χ4n) is 4.15. The minimum absolute atomic E-state index is 0.0110. The molecule has 0 atom stereocenters. The number of piperidine rings is 1. The summed E-state index contributed by atoms with van der Waals surface area (Å²) < 4.78 is 26.3. The molecule has 0 bridgehead atoms. The third-order valence-electron chi connectivity index (χ3n) is 6.03. The maximum absolute atomic E-state index is 14.5. The lowest BCUT2D eigenvalue weighted by Crippen LogP contribution is -2.42. The van der Waals surface area contributed by atoms with Gasteiger partial charge in [0.15, 0.2) is 17.3 Å². The molecule has 8 nitrogen and oxygen atoms in total. The lowest BCUT2D eigenvalue weighted by Gasteiger charge is -2.32. The van der Waals surface area contributed by atoms with Gasteiger partial charge in [-0.15, -0.1) is 0 Å². The number of carbonyl (C=O) groups excluding carboxylic acids is 1. The molecule has 2 aromatic carbocycles. The van der Waals surface area contributed by atoms with Gasteiger partial charge in [-0.1, -0.05) is 23.7 Å². The van der Waals surface area contributed by atoms with Crippen molar-refractivity contribution in [3.63, 3.8) is 0 Å². The second-order valence-corrected chi connectivity index (χ2v) is 8.70. The van der Waals surface area contributed by atoms with Gasteiger partial charge in [0.1, 0.15) is 23.9 Å². The average molecular weight is 508 g/mol. The van der Waals surface area contributed by atoms with Gasteiger partial charge in [-0.25, -0.2) is 14.4 Å². The molecular weight excluding hydrogens is 485 g/mol. The van der Waals surface area contributed by atoms with Gasteiger partial charge >= 0.3 is 0 Å². The van der Waals surface area contributed by atoms with Gasteiger partial charge in [0, 0.05) is 43.6 Å². The smallest absolute Gasteiger partial charge is 0.272 e. The number of likely N-dealkylation sites (tertiary alicyclic amines) is 1. The number of nitrogens with zero attached hydrogens (tertiary/aromatic N) is 4. The fourth-order valence-corrected chi connectivity index (χ4v) is 4.33. The monoisotopic (exact) mass is 507 g/mol. The number of hydrogen-bond acceptors (Lipinski definition) is 7. The molecule has 0 saturated carbocycles. The topological polar surface area (TPSA) is 89.5 Å². The fraction of sp³-hybridized carbons (Fsp3) is 0.231. The van der Waals surface area contributed by atoms with E-state index in [1.54, 1.807) is 60.7 Å². The van der Waals surface area contributed by atoms with E-state index in [4.69, 9.17) is 21.1 Å². The Morgan fingerprint density at radius 2 is 1.92 bits per heavy atom. The van der Waals surface area contributed by atoms with E-state index in [2.05, 4.69) is 20.3 Å². The Bertz CT molecular complexity index is 1400. The van der Waals surface area contributed by atoms with Crippen LogP contribution >= 0.6 is 11.6 Å². The molecule has 5 rings (SSSR count). The van der Waals surface area contributed by atoms with Gasteiger partial charge in [0.25, 0.3) is 5.91 Å². The summed E-state index contributed by atoms with van der Waals surface area (Å²) in [5.41, 5.74) is 1.24. The lowest BCUT2D eigenvalue weighted by molar-refractivity contribution is 0.0585. The Hall–Kier alpha value is -3.98. The predicted molar refractivity (Wildman–Crippen MR) is 135 cm³/mol. The zero-order chi connectivity index (χ0) is 25.1. The number of fused-ring (bicyclic) bond motifs is 1. The second-order valence-electron chi connectivity index (χ2n) is 8.29. The molecular formula is C26H23ClFN5O3. The summed E-state index contributed by atoms with van der Waals surface area (Å²) >= 11 is 5.92. The first-order valence-electron chi connectivity index (χ1n) is 11.4. The van der Waals surface area contributed by atoms with Gasteiger partial charge < -0.3 is 19.7 Å². The zero-order valence-corrected chi connectivity index (χ0v) is 20.2. The number of hydrogen-bond donors (Lipinski definition) is 1. The maximum Gasteiger partial charge on any atom is 0.272 e. The molecule has 36 heavy (non-hydrogen) atoms. The summed E-state index contributed by atoms with van der Waals surface area (Å²) in [6.07, 6.45) is 4.20. The molecule has 4 aromatic rings. The highest BCUT2D eigenvalue weighted by Gasteiger charge is 2.26. The van der Waals surface area contributed by atoms with Crippen molar-refractivity contribution in [3.8, 4) is 11.5 Å². The Morgan fingerprint density at radius 3 is 2.67 bits per heavy atom. The van der Waals surface area contributed by atoms with Crippen LogP contribution in [-0.4, -0.2) is 52.1 Å². The van der Waals surface area contributed by atoms with Crippen LogP contribution in [0.15, 0.2) is 61.1 Å². The molecule has 0 unspecified atom stereocenters. The molecule has 1 fully saturated rings. The van der Waals surface area contributed by atoms with Gasteiger partial charge in [0.2, 0.25) is 0 Å². The van der Waals surface area contributed by atoms with Crippen molar-refractivity contribution in [3.05, 3.63) is 77.6 Å². The minimum atomic E-state index is -0.567. The van der Waals surface area contributed by atoms with E-state index in [0.717, 1.165) is 0 Å². The van der Waals surface area contributed by atoms with Crippen LogP contribution in [0.4, 0.5) is 15.9 Å². The zero-order valence-electron chi connectivity index (χ0n) is 19.4. The summed E-state index contributed by atoms with van der Waals surface area (Å²) in [5.74, 6) is 0.794. The van der Waals surface area contributed by atoms with E-state index < -0.39 is 5.82 Å². The number of rotatable bonds is 6. The average Bonchev–Trinajstić information content (AvgIpc) is 2.91. The molecule has 0 aliphatic carbocycles. The van der Waals surface area contributed by atoms with Crippen molar-refractivity contribution < 1.29 is 18.7 Å². The lowest BCUT2D eigenvalue weighted by atomic mass is 10.1. The van der Waals surface area contributed by atoms with Crippen LogP contribution in [0.2, 0.25) is 5.02 Å². The number of aromatic nitrogens is 3. The molecule has 1 saturated heterocycles. The van der Waals surface area contributed by atoms with Gasteiger partial charge in [-0.3, -0.25) is 9.78 Å². The summed E-state index contributed by atoms with van der Waals surface area (Å²) in [7, 11) is 1.56. The number of pyridine rings is 1. The Kier molecular flexibility index (Phi) is 6.81. The molecule has 1 aliphatic rings. The third-order valence-corrected chi connectivity index (χ3v) is 6.32. The van der Waals surface area contributed by atoms with Gasteiger partial charge in [-0.05, 0) is 30.3 Å². The molecule has 2 aromatic heterocycles. The molecule has 1 N–H and O–H groups in total. The molecule has 3 heterocycles. The summed E-state index contributed by atoms with van der Waals surface area (Å²) in [6.45, 7) is 1.11. The highest BCUT2D eigenvalue weighted by Crippen LogP contribution is 2.37. The molecule has 10 heteroatoms. The van der Waals surface area contributed by atoms with Crippen LogP contribution in [0.1, 0.15) is 23.3 Å². The second kappa shape index (κ2) is 10.3. The van der Waals surface area contributed by atoms with Gasteiger partial charge in [-0.2, -0.15) is 0 Å². The largest absolute Gasteiger partial charge is 0.493 e. The molecule has 0 radical (unpaired) electrons. The normalized spacial score (nSPS) is 14.0. The first-order chi connectivity index (χ1) is 17.5. The van der Waals surface area contributed by atoms with E-state index >= 15 is 0 Å². The van der Waals surface area contributed by atoms with E-state index in [1.807, 2.05) is 0 Å². The molecule has 0 spiro atoms. The van der Waals surface area contributed by atoms with Crippen molar-refractivity contribution in [2.24, 2.45) is 0 Å². The number of benzene rings is 2. The number of nitrogens with one attached hydrogen (secondary N) is 1. The quantitative estimate of drug-likeness (QED) is 0.381. The predicted octanol–water partition coefficient (Wildman–Crippen LogP) is 5.25. The first-order valence-corrected chi connectivity index (χ1v) is 11.8. The van der Waals surface area contributed by atoms with Crippen molar-refractivity contribution in [2.45, 2.75) is 18.9 Å². The van der Waals surface area contributed by atoms with E-state index in [1.165, 1.54) is 12.4 Å². The van der Waals surface area contributed by atoms with Crippen LogP contribution in [0.3, 0.4) is 0 Å². The molecule has 1 aliphatic heterocycles. The number of halogens is 2. The summed E-state index contributed by atoms with van der Waals surface area (Å²) in [4.78, 5) is 27.2. The number of amides is 1. The number of ether oxygens (including phenoxy) is 2. The molecule has 184 valence electrons. The third kappa shape index (κ3) is 4.87. The number of carbonyl (C=O) groups is 1. The Labute approximate surface area is 212 Å². The van der Waals surface area contributed by atoms with Crippen molar-refractivity contribution in [2.75, 3.05) is 25.5 Å². The van der Waals surface area contributed by atoms with Gasteiger partial charge in [0.05, 0.1) is 23.3 Å². The summed E-state index contributed by atoms with van der Waals surface area (Å²) in [5, 5.41) is 3.65. The van der Waals surface area contributed by atoms with E-state index in [-0.39, 0.29) is 22.7 Å². The standard InChI is InChI=1S/C26H23ClFN5O3/c1-35-22-14-21-17(25(31-15-30-21)32-19-7-4-5-18(27)24(19)28)13-23(22)36-16-8-11-33(12-9-16)26(34)20-6-2-3-10-29-20/h2-7,10,13-16H,8-9,11-12H2,1H3,(H,30,31,32). The minimum Gasteiger partial charge on any atom is -0.493 e. The Balaban J connectivity index is 1.35. The highest BCUT2D eigenvalue weighted by atomic mass is 35.5. The summed E-state index contributed by atoms with van der Waals surface area (Å²) in [6, 6.07) is 13.5. The van der Waals surface area contributed by atoms with Crippen molar-refractivity contribution in [1.82, 2.24) is 19.9 Å². The van der Waals surface area contributed by atoms with Crippen molar-refractivity contribution in [1.29, 1.82) is 0 Å². The van der Waals surface area contributed by atoms with Crippen LogP contribution in [0.5, 0.6) is 11.5 Å². The highest BCUT2D eigenvalue weighted by molar-refractivity contribution is 6.31. The maximum atomic E-state index is 14.5. The van der Waals surface area contributed by atoms with E-state index in [9.17, 15) is 9.18 Å².